The number of aromatic nitrogens is 1. The first-order valence-corrected chi connectivity index (χ1v) is 8.53. The first kappa shape index (κ1) is 14.6. The number of aryl methyl sites for hydroxylation is 2. The van der Waals surface area contributed by atoms with Gasteiger partial charge in [-0.3, -0.25) is 0 Å². The van der Waals surface area contributed by atoms with Crippen molar-refractivity contribution in [1.82, 2.24) is 4.98 Å². The Kier molecular flexibility index (Phi) is 3.62. The highest BCUT2D eigenvalue weighted by molar-refractivity contribution is 7.91. The third-order valence-corrected chi connectivity index (χ3v) is 5.39. The summed E-state index contributed by atoms with van der Waals surface area (Å²) in [5, 5.41) is 0. The van der Waals surface area contributed by atoms with Gasteiger partial charge >= 0.3 is 0 Å². The maximum absolute atomic E-state index is 12.9. The third-order valence-electron chi connectivity index (χ3n) is 3.60. The van der Waals surface area contributed by atoms with Crippen LogP contribution in [0.1, 0.15) is 11.3 Å². The number of aromatic amines is 1. The van der Waals surface area contributed by atoms with Gasteiger partial charge in [0.25, 0.3) is 0 Å². The van der Waals surface area contributed by atoms with E-state index in [9.17, 15) is 8.42 Å². The van der Waals surface area contributed by atoms with E-state index in [4.69, 9.17) is 0 Å². The number of H-pyrrole nitrogens is 1. The molecule has 0 bridgehead atoms. The first-order valence-electron chi connectivity index (χ1n) is 7.05. The second-order valence-corrected chi connectivity index (χ2v) is 7.29. The molecule has 22 heavy (non-hydrogen) atoms. The molecule has 3 aromatic rings. The fourth-order valence-corrected chi connectivity index (χ4v) is 3.96. The molecule has 1 heterocycles. The summed E-state index contributed by atoms with van der Waals surface area (Å²) in [5.41, 5.74) is 3.36. The predicted molar refractivity (Wildman–Crippen MR) is 87.6 cm³/mol. The van der Waals surface area contributed by atoms with Crippen molar-refractivity contribution >= 4 is 9.84 Å². The molecular formula is C18H17NO2S. The fraction of sp³-hybridized carbons (Fsp3) is 0.111. The van der Waals surface area contributed by atoms with Crippen molar-refractivity contribution in [2.75, 3.05) is 0 Å². The fourth-order valence-electron chi connectivity index (χ4n) is 2.44. The van der Waals surface area contributed by atoms with Crippen molar-refractivity contribution in [3.8, 4) is 11.3 Å². The predicted octanol–water partition coefficient (Wildman–Crippen LogP) is 4.13. The Morgan fingerprint density at radius 3 is 2.14 bits per heavy atom. The van der Waals surface area contributed by atoms with Crippen molar-refractivity contribution in [1.29, 1.82) is 0 Å². The van der Waals surface area contributed by atoms with Crippen LogP contribution in [0.2, 0.25) is 0 Å². The van der Waals surface area contributed by atoms with Crippen LogP contribution in [0.5, 0.6) is 0 Å². The van der Waals surface area contributed by atoms with Crippen molar-refractivity contribution in [3.05, 3.63) is 71.9 Å². The van der Waals surface area contributed by atoms with Gasteiger partial charge in [0.15, 0.2) is 0 Å². The Labute approximate surface area is 130 Å². The molecule has 0 amide bonds. The topological polar surface area (TPSA) is 49.9 Å². The summed E-state index contributed by atoms with van der Waals surface area (Å²) in [6.07, 6.45) is 0. The van der Waals surface area contributed by atoms with Crippen LogP contribution in [-0.4, -0.2) is 13.4 Å². The van der Waals surface area contributed by atoms with Gasteiger partial charge in [0.2, 0.25) is 9.84 Å². The SMILES string of the molecule is Cc1ccc(S(=O)(=O)c2cc(C)[nH]c2-c2ccccc2)cc1. The van der Waals surface area contributed by atoms with Gasteiger partial charge in [0.1, 0.15) is 0 Å². The van der Waals surface area contributed by atoms with Gasteiger partial charge in [0.05, 0.1) is 15.5 Å². The van der Waals surface area contributed by atoms with E-state index in [0.29, 0.717) is 15.5 Å². The molecular weight excluding hydrogens is 294 g/mol. The van der Waals surface area contributed by atoms with E-state index in [0.717, 1.165) is 16.8 Å². The number of hydrogen-bond donors (Lipinski definition) is 1. The Hall–Kier alpha value is -2.33. The zero-order valence-electron chi connectivity index (χ0n) is 12.5. The average molecular weight is 311 g/mol. The quantitative estimate of drug-likeness (QED) is 0.790. The molecule has 0 aliphatic carbocycles. The Balaban J connectivity index is 2.18. The lowest BCUT2D eigenvalue weighted by Crippen LogP contribution is -2.02. The summed E-state index contributed by atoms with van der Waals surface area (Å²) in [6.45, 7) is 3.80. The van der Waals surface area contributed by atoms with Crippen molar-refractivity contribution in [3.63, 3.8) is 0 Å². The second kappa shape index (κ2) is 5.46. The molecule has 112 valence electrons. The van der Waals surface area contributed by atoms with E-state index in [1.807, 2.05) is 56.3 Å². The summed E-state index contributed by atoms with van der Waals surface area (Å²) in [7, 11) is -3.54. The van der Waals surface area contributed by atoms with Gasteiger partial charge in [-0.25, -0.2) is 8.42 Å². The smallest absolute Gasteiger partial charge is 0.208 e. The van der Waals surface area contributed by atoms with Crippen LogP contribution >= 0.6 is 0 Å². The van der Waals surface area contributed by atoms with Gasteiger partial charge in [0, 0.05) is 5.69 Å². The molecule has 0 unspecified atom stereocenters. The summed E-state index contributed by atoms with van der Waals surface area (Å²) < 4.78 is 25.9. The standard InChI is InChI=1S/C18H17NO2S/c1-13-8-10-16(11-9-13)22(20,21)17-12-14(2)19-18(17)15-6-4-3-5-7-15/h3-12,19H,1-2H3. The molecule has 3 nitrogen and oxygen atoms in total. The van der Waals surface area contributed by atoms with E-state index < -0.39 is 9.84 Å². The lowest BCUT2D eigenvalue weighted by molar-refractivity contribution is 0.596. The zero-order chi connectivity index (χ0) is 15.7. The van der Waals surface area contributed by atoms with Crippen LogP contribution in [0.25, 0.3) is 11.3 Å². The van der Waals surface area contributed by atoms with E-state index >= 15 is 0 Å². The van der Waals surface area contributed by atoms with Crippen LogP contribution in [0.15, 0.2) is 70.5 Å². The Morgan fingerprint density at radius 2 is 1.50 bits per heavy atom. The number of rotatable bonds is 3. The van der Waals surface area contributed by atoms with Crippen molar-refractivity contribution in [2.24, 2.45) is 0 Å². The van der Waals surface area contributed by atoms with E-state index in [1.165, 1.54) is 0 Å². The number of hydrogen-bond acceptors (Lipinski definition) is 2. The highest BCUT2D eigenvalue weighted by Gasteiger charge is 2.23. The number of benzene rings is 2. The third kappa shape index (κ3) is 2.57. The van der Waals surface area contributed by atoms with E-state index in [-0.39, 0.29) is 0 Å². The lowest BCUT2D eigenvalue weighted by Gasteiger charge is -2.07. The molecule has 0 atom stereocenters. The van der Waals surface area contributed by atoms with Gasteiger partial charge in [-0.15, -0.1) is 0 Å². The van der Waals surface area contributed by atoms with Crippen LogP contribution in [-0.2, 0) is 9.84 Å². The number of sulfone groups is 1. The molecule has 4 heteroatoms. The van der Waals surface area contributed by atoms with Crippen molar-refractivity contribution < 1.29 is 8.42 Å². The van der Waals surface area contributed by atoms with Crippen LogP contribution < -0.4 is 0 Å². The van der Waals surface area contributed by atoms with Gasteiger partial charge in [-0.1, -0.05) is 48.0 Å². The number of nitrogens with one attached hydrogen (secondary N) is 1. The molecule has 0 fully saturated rings. The Bertz CT molecular complexity index is 892. The molecule has 0 saturated carbocycles. The summed E-state index contributed by atoms with van der Waals surface area (Å²) in [4.78, 5) is 3.80. The van der Waals surface area contributed by atoms with E-state index in [2.05, 4.69) is 4.98 Å². The summed E-state index contributed by atoms with van der Waals surface area (Å²) >= 11 is 0. The molecule has 3 rings (SSSR count). The van der Waals surface area contributed by atoms with Gasteiger partial charge < -0.3 is 4.98 Å². The van der Waals surface area contributed by atoms with Crippen LogP contribution in [0, 0.1) is 13.8 Å². The zero-order valence-corrected chi connectivity index (χ0v) is 13.3. The van der Waals surface area contributed by atoms with Gasteiger partial charge in [-0.05, 0) is 37.6 Å². The second-order valence-electron chi connectivity index (χ2n) is 5.37. The minimum atomic E-state index is -3.54. The maximum Gasteiger partial charge on any atom is 0.208 e. The normalized spacial score (nSPS) is 11.5. The van der Waals surface area contributed by atoms with Gasteiger partial charge in [-0.2, -0.15) is 0 Å². The highest BCUT2D eigenvalue weighted by Crippen LogP contribution is 2.31. The summed E-state index contributed by atoms with van der Waals surface area (Å²) in [6, 6.07) is 18.1. The molecule has 1 aromatic heterocycles. The first-order chi connectivity index (χ1) is 10.5. The Morgan fingerprint density at radius 1 is 0.864 bits per heavy atom. The molecule has 1 N–H and O–H groups in total. The maximum atomic E-state index is 12.9. The van der Waals surface area contributed by atoms with E-state index in [1.54, 1.807) is 18.2 Å². The lowest BCUT2D eigenvalue weighted by atomic mass is 10.2. The molecule has 0 saturated heterocycles. The summed E-state index contributed by atoms with van der Waals surface area (Å²) in [5.74, 6) is 0. The largest absolute Gasteiger partial charge is 0.358 e. The van der Waals surface area contributed by atoms with Crippen LogP contribution in [0.3, 0.4) is 0 Å². The van der Waals surface area contributed by atoms with Crippen LogP contribution in [0.4, 0.5) is 0 Å². The molecule has 0 spiro atoms. The van der Waals surface area contributed by atoms with Crippen molar-refractivity contribution in [2.45, 2.75) is 23.6 Å². The molecule has 0 aliphatic heterocycles. The highest BCUT2D eigenvalue weighted by atomic mass is 32.2. The minimum Gasteiger partial charge on any atom is -0.358 e. The molecule has 0 radical (unpaired) electrons. The molecule has 2 aromatic carbocycles. The average Bonchev–Trinajstić information content (AvgIpc) is 2.91. The monoisotopic (exact) mass is 311 g/mol. The molecule has 0 aliphatic rings. The minimum absolute atomic E-state index is 0.314.